The Hall–Kier alpha value is -0.770. The van der Waals surface area contributed by atoms with E-state index in [2.05, 4.69) is 11.8 Å². The number of nitrogens with zero attached hydrogens (tertiary/aromatic N) is 1. The second-order valence-corrected chi connectivity index (χ2v) is 3.92. The normalized spacial score (nSPS) is 10.5. The van der Waals surface area contributed by atoms with Crippen LogP contribution < -0.4 is 10.6 Å². The van der Waals surface area contributed by atoms with Crippen molar-refractivity contribution < 1.29 is 4.74 Å². The van der Waals surface area contributed by atoms with Gasteiger partial charge in [-0.1, -0.05) is 17.7 Å². The first kappa shape index (κ1) is 13.3. The fourth-order valence-corrected chi connectivity index (χ4v) is 1.94. The van der Waals surface area contributed by atoms with Crippen molar-refractivity contribution in [3.05, 3.63) is 28.8 Å². The molecule has 0 aliphatic rings. The highest BCUT2D eigenvalue weighted by Crippen LogP contribution is 2.26. The molecule has 1 aromatic rings. The van der Waals surface area contributed by atoms with Crippen molar-refractivity contribution in [2.24, 2.45) is 5.73 Å². The molecule has 90 valence electrons. The fraction of sp³-hybridized carbons (Fsp3) is 0.500. The lowest BCUT2D eigenvalue weighted by Crippen LogP contribution is -2.28. The van der Waals surface area contributed by atoms with Crippen LogP contribution in [0, 0.1) is 0 Å². The van der Waals surface area contributed by atoms with E-state index < -0.39 is 0 Å². The van der Waals surface area contributed by atoms with Gasteiger partial charge in [0.2, 0.25) is 0 Å². The van der Waals surface area contributed by atoms with Gasteiger partial charge in [-0.25, -0.2) is 0 Å². The minimum atomic E-state index is 0.457. The van der Waals surface area contributed by atoms with Crippen molar-refractivity contribution in [1.29, 1.82) is 0 Å². The van der Waals surface area contributed by atoms with Crippen molar-refractivity contribution in [2.75, 3.05) is 31.7 Å². The molecular formula is C12H19ClN2O. The maximum atomic E-state index is 6.13. The maximum absolute atomic E-state index is 6.13. The molecule has 0 spiro atoms. The molecule has 0 aliphatic heterocycles. The lowest BCUT2D eigenvalue weighted by Gasteiger charge is -2.25. The van der Waals surface area contributed by atoms with Crippen LogP contribution in [-0.4, -0.2) is 26.8 Å². The lowest BCUT2D eigenvalue weighted by molar-refractivity contribution is 0.205. The Bertz CT molecular complexity index is 331. The topological polar surface area (TPSA) is 38.5 Å². The van der Waals surface area contributed by atoms with E-state index in [0.29, 0.717) is 13.2 Å². The summed E-state index contributed by atoms with van der Waals surface area (Å²) >= 11 is 6.13. The van der Waals surface area contributed by atoms with Crippen molar-refractivity contribution in [3.63, 3.8) is 0 Å². The van der Waals surface area contributed by atoms with Crippen molar-refractivity contribution in [1.82, 2.24) is 0 Å². The summed E-state index contributed by atoms with van der Waals surface area (Å²) in [7, 11) is 1.70. The number of nitrogens with two attached hydrogens (primary N) is 1. The van der Waals surface area contributed by atoms with Gasteiger partial charge in [0.15, 0.2) is 0 Å². The first-order valence-electron chi connectivity index (χ1n) is 5.45. The summed E-state index contributed by atoms with van der Waals surface area (Å²) in [6, 6.07) is 5.87. The van der Waals surface area contributed by atoms with Gasteiger partial charge in [-0.2, -0.15) is 0 Å². The van der Waals surface area contributed by atoms with Crippen LogP contribution in [0.25, 0.3) is 0 Å². The molecule has 0 bridgehead atoms. The monoisotopic (exact) mass is 242 g/mol. The van der Waals surface area contributed by atoms with E-state index in [1.165, 1.54) is 0 Å². The molecule has 0 amide bonds. The predicted octanol–water partition coefficient (Wildman–Crippen LogP) is 2.27. The summed E-state index contributed by atoms with van der Waals surface area (Å²) in [4.78, 5) is 2.22. The SMILES string of the molecule is CCN(CCOC)c1cccc(Cl)c1CN. The quantitative estimate of drug-likeness (QED) is 0.832. The van der Waals surface area contributed by atoms with Gasteiger partial charge in [0, 0.05) is 43.0 Å². The number of hydrogen-bond acceptors (Lipinski definition) is 3. The van der Waals surface area contributed by atoms with Crippen LogP contribution in [-0.2, 0) is 11.3 Å². The zero-order valence-corrected chi connectivity index (χ0v) is 10.6. The molecule has 0 aromatic heterocycles. The summed E-state index contributed by atoms with van der Waals surface area (Å²) in [6.07, 6.45) is 0. The summed E-state index contributed by atoms with van der Waals surface area (Å²) in [5.74, 6) is 0. The lowest BCUT2D eigenvalue weighted by atomic mass is 10.1. The van der Waals surface area contributed by atoms with E-state index in [0.717, 1.165) is 29.4 Å². The van der Waals surface area contributed by atoms with Gasteiger partial charge in [0.1, 0.15) is 0 Å². The largest absolute Gasteiger partial charge is 0.383 e. The molecule has 1 rings (SSSR count). The average Bonchev–Trinajstić information content (AvgIpc) is 2.30. The van der Waals surface area contributed by atoms with Crippen molar-refractivity contribution in [2.45, 2.75) is 13.5 Å². The standard InChI is InChI=1S/C12H19ClN2O/c1-3-15(7-8-16-2)12-6-4-5-11(13)10(12)9-14/h4-6H,3,7-9,14H2,1-2H3. The van der Waals surface area contributed by atoms with Crippen LogP contribution in [0.2, 0.25) is 5.02 Å². The fourth-order valence-electron chi connectivity index (χ4n) is 1.70. The highest BCUT2D eigenvalue weighted by atomic mass is 35.5. The molecule has 4 heteroatoms. The number of halogens is 1. The van der Waals surface area contributed by atoms with Crippen molar-refractivity contribution in [3.8, 4) is 0 Å². The van der Waals surface area contributed by atoms with E-state index in [1.807, 2.05) is 18.2 Å². The number of ether oxygens (including phenoxy) is 1. The van der Waals surface area contributed by atoms with Crippen molar-refractivity contribution >= 4 is 17.3 Å². The number of rotatable bonds is 6. The van der Waals surface area contributed by atoms with Gasteiger partial charge in [-0.3, -0.25) is 0 Å². The maximum Gasteiger partial charge on any atom is 0.0637 e. The molecule has 0 saturated carbocycles. The molecule has 0 aliphatic carbocycles. The molecule has 1 aromatic carbocycles. The van der Waals surface area contributed by atoms with E-state index in [1.54, 1.807) is 7.11 Å². The second-order valence-electron chi connectivity index (χ2n) is 3.51. The van der Waals surface area contributed by atoms with Crippen LogP contribution >= 0.6 is 11.6 Å². The highest BCUT2D eigenvalue weighted by molar-refractivity contribution is 6.31. The number of likely N-dealkylation sites (N-methyl/N-ethyl adjacent to an activating group) is 1. The Kier molecular flexibility index (Phi) is 5.60. The minimum Gasteiger partial charge on any atom is -0.383 e. The molecule has 0 radical (unpaired) electrons. The Labute approximate surface area is 102 Å². The molecule has 0 heterocycles. The zero-order valence-electron chi connectivity index (χ0n) is 9.87. The van der Waals surface area contributed by atoms with Crippen LogP contribution in [0.15, 0.2) is 18.2 Å². The van der Waals surface area contributed by atoms with Crippen LogP contribution in [0.4, 0.5) is 5.69 Å². The number of hydrogen-bond donors (Lipinski definition) is 1. The van der Waals surface area contributed by atoms with Gasteiger partial charge < -0.3 is 15.4 Å². The van der Waals surface area contributed by atoms with E-state index >= 15 is 0 Å². The molecule has 0 fully saturated rings. The minimum absolute atomic E-state index is 0.457. The highest BCUT2D eigenvalue weighted by Gasteiger charge is 2.10. The molecule has 3 nitrogen and oxygen atoms in total. The third-order valence-corrected chi connectivity index (χ3v) is 2.94. The zero-order chi connectivity index (χ0) is 12.0. The smallest absolute Gasteiger partial charge is 0.0637 e. The third-order valence-electron chi connectivity index (χ3n) is 2.59. The molecule has 0 atom stereocenters. The summed E-state index contributed by atoms with van der Waals surface area (Å²) in [6.45, 7) is 5.02. The van der Waals surface area contributed by atoms with Gasteiger partial charge in [0.05, 0.1) is 6.61 Å². The van der Waals surface area contributed by atoms with Gasteiger partial charge in [-0.05, 0) is 19.1 Å². The van der Waals surface area contributed by atoms with E-state index in [9.17, 15) is 0 Å². The third kappa shape index (κ3) is 3.11. The van der Waals surface area contributed by atoms with Gasteiger partial charge in [0.25, 0.3) is 0 Å². The summed E-state index contributed by atoms with van der Waals surface area (Å²) in [5.41, 5.74) is 7.84. The molecule has 0 unspecified atom stereocenters. The van der Waals surface area contributed by atoms with Crippen LogP contribution in [0.3, 0.4) is 0 Å². The van der Waals surface area contributed by atoms with Crippen LogP contribution in [0.1, 0.15) is 12.5 Å². The van der Waals surface area contributed by atoms with Crippen LogP contribution in [0.5, 0.6) is 0 Å². The Morgan fingerprint density at radius 1 is 1.44 bits per heavy atom. The molecule has 0 saturated heterocycles. The predicted molar refractivity (Wildman–Crippen MR) is 69.1 cm³/mol. The second kappa shape index (κ2) is 6.74. The Morgan fingerprint density at radius 2 is 2.19 bits per heavy atom. The summed E-state index contributed by atoms with van der Waals surface area (Å²) in [5, 5.41) is 0.732. The Balaban J connectivity index is 2.94. The van der Waals surface area contributed by atoms with E-state index in [-0.39, 0.29) is 0 Å². The first-order valence-corrected chi connectivity index (χ1v) is 5.83. The molecule has 16 heavy (non-hydrogen) atoms. The number of methoxy groups -OCH3 is 1. The Morgan fingerprint density at radius 3 is 2.75 bits per heavy atom. The van der Waals surface area contributed by atoms with Gasteiger partial charge >= 0.3 is 0 Å². The molecule has 2 N–H and O–H groups in total. The average molecular weight is 243 g/mol. The summed E-state index contributed by atoms with van der Waals surface area (Å²) < 4.78 is 5.09. The number of benzene rings is 1. The first-order chi connectivity index (χ1) is 7.74. The molecular weight excluding hydrogens is 224 g/mol. The van der Waals surface area contributed by atoms with Gasteiger partial charge in [-0.15, -0.1) is 0 Å². The van der Waals surface area contributed by atoms with E-state index in [4.69, 9.17) is 22.1 Å². The number of anilines is 1.